The smallest absolute Gasteiger partial charge is 0.249 e. The number of hydrogen-bond acceptors (Lipinski definition) is 4. The van der Waals surface area contributed by atoms with Gasteiger partial charge in [0.15, 0.2) is 5.78 Å². The van der Waals surface area contributed by atoms with Gasteiger partial charge in [0.2, 0.25) is 12.3 Å². The monoisotopic (exact) mass is 360 g/mol. The van der Waals surface area contributed by atoms with E-state index in [1.165, 1.54) is 0 Å². The number of likely N-dealkylation sites (N-methyl/N-ethyl adjacent to an activating group) is 1. The van der Waals surface area contributed by atoms with Gasteiger partial charge in [0, 0.05) is 5.56 Å². The van der Waals surface area contributed by atoms with Gasteiger partial charge >= 0.3 is 0 Å². The summed E-state index contributed by atoms with van der Waals surface area (Å²) in [5.74, 6) is 0.0380. The number of ketones is 1. The van der Waals surface area contributed by atoms with Crippen LogP contribution in [0.4, 0.5) is 0 Å². The molecule has 0 radical (unpaired) electrons. The van der Waals surface area contributed by atoms with E-state index in [1.54, 1.807) is 24.3 Å². The molecule has 0 aromatic heterocycles. The maximum atomic E-state index is 13.1. The SMILES string of the molecule is CCC(C)CCCC(C)(C(=O)N(C=O)CC(=O)c1ccccc1)N(C)C. The molecule has 0 saturated heterocycles. The molecule has 2 unspecified atom stereocenters. The normalized spacial score (nSPS) is 14.5. The molecule has 5 nitrogen and oxygen atoms in total. The van der Waals surface area contributed by atoms with Gasteiger partial charge < -0.3 is 0 Å². The third kappa shape index (κ3) is 5.77. The molecule has 0 aliphatic rings. The molecule has 0 fully saturated rings. The van der Waals surface area contributed by atoms with Gasteiger partial charge in [-0.05, 0) is 33.4 Å². The van der Waals surface area contributed by atoms with E-state index in [1.807, 2.05) is 32.0 Å². The molecule has 0 saturated carbocycles. The highest BCUT2D eigenvalue weighted by atomic mass is 16.2. The third-order valence-corrected chi connectivity index (χ3v) is 5.30. The fraction of sp³-hybridized carbons (Fsp3) is 0.571. The Morgan fingerprint density at radius 3 is 2.31 bits per heavy atom. The summed E-state index contributed by atoms with van der Waals surface area (Å²) in [6.45, 7) is 5.96. The number of imide groups is 1. The van der Waals surface area contributed by atoms with Crippen LogP contribution < -0.4 is 0 Å². The van der Waals surface area contributed by atoms with E-state index in [9.17, 15) is 14.4 Å². The van der Waals surface area contributed by atoms with Crippen molar-refractivity contribution in [3.05, 3.63) is 35.9 Å². The zero-order chi connectivity index (χ0) is 19.7. The molecule has 1 aromatic carbocycles. The lowest BCUT2D eigenvalue weighted by molar-refractivity contribution is -0.146. The van der Waals surface area contributed by atoms with Crippen molar-refractivity contribution < 1.29 is 14.4 Å². The number of benzene rings is 1. The minimum absolute atomic E-state index is 0.235. The van der Waals surface area contributed by atoms with Crippen LogP contribution in [0, 0.1) is 5.92 Å². The average Bonchev–Trinajstić information content (AvgIpc) is 2.65. The van der Waals surface area contributed by atoms with Crippen LogP contribution >= 0.6 is 0 Å². The fourth-order valence-corrected chi connectivity index (χ4v) is 2.86. The Balaban J connectivity index is 2.86. The zero-order valence-electron chi connectivity index (χ0n) is 16.7. The Morgan fingerprint density at radius 2 is 1.81 bits per heavy atom. The number of carbonyl (C=O) groups excluding carboxylic acids is 3. The van der Waals surface area contributed by atoms with Crippen molar-refractivity contribution in [1.82, 2.24) is 9.80 Å². The van der Waals surface area contributed by atoms with E-state index in [0.29, 0.717) is 24.3 Å². The molecule has 144 valence electrons. The Labute approximate surface area is 157 Å². The van der Waals surface area contributed by atoms with Crippen molar-refractivity contribution in [3.63, 3.8) is 0 Å². The predicted molar refractivity (Wildman–Crippen MR) is 104 cm³/mol. The van der Waals surface area contributed by atoms with Crippen LogP contribution in [0.15, 0.2) is 30.3 Å². The van der Waals surface area contributed by atoms with Crippen LogP contribution in [0.3, 0.4) is 0 Å². The lowest BCUT2D eigenvalue weighted by Gasteiger charge is -2.37. The molecular weight excluding hydrogens is 328 g/mol. The second kappa shape index (κ2) is 10.2. The minimum Gasteiger partial charge on any atom is -0.296 e. The van der Waals surface area contributed by atoms with Gasteiger partial charge in [-0.1, -0.05) is 63.4 Å². The maximum absolute atomic E-state index is 13.1. The molecule has 1 rings (SSSR count). The summed E-state index contributed by atoms with van der Waals surface area (Å²) in [4.78, 5) is 39.8. The highest BCUT2D eigenvalue weighted by Gasteiger charge is 2.39. The minimum atomic E-state index is -0.814. The first-order valence-corrected chi connectivity index (χ1v) is 9.28. The molecule has 1 aromatic rings. The summed E-state index contributed by atoms with van der Waals surface area (Å²) < 4.78 is 0. The molecular formula is C21H32N2O3. The first kappa shape index (κ1) is 22.0. The summed E-state index contributed by atoms with van der Waals surface area (Å²) in [7, 11) is 3.67. The van der Waals surface area contributed by atoms with E-state index >= 15 is 0 Å². The van der Waals surface area contributed by atoms with Crippen molar-refractivity contribution >= 4 is 18.1 Å². The van der Waals surface area contributed by atoms with E-state index in [2.05, 4.69) is 13.8 Å². The van der Waals surface area contributed by atoms with Crippen LogP contribution in [0.1, 0.15) is 56.8 Å². The Morgan fingerprint density at radius 1 is 1.19 bits per heavy atom. The van der Waals surface area contributed by atoms with E-state index in [4.69, 9.17) is 0 Å². The molecule has 2 atom stereocenters. The molecule has 0 N–H and O–H groups in total. The van der Waals surface area contributed by atoms with Crippen LogP contribution in [-0.4, -0.2) is 54.1 Å². The molecule has 0 heterocycles. The van der Waals surface area contributed by atoms with Crippen molar-refractivity contribution in [3.8, 4) is 0 Å². The summed E-state index contributed by atoms with van der Waals surface area (Å²) in [5, 5.41) is 0. The predicted octanol–water partition coefficient (Wildman–Crippen LogP) is 3.39. The maximum Gasteiger partial charge on any atom is 0.249 e. The van der Waals surface area contributed by atoms with Crippen molar-refractivity contribution in [2.45, 2.75) is 52.0 Å². The standard InChI is InChI=1S/C21H32N2O3/c1-6-17(2)11-10-14-21(3,22(4)5)20(26)23(16-24)15-19(25)18-12-8-7-9-13-18/h7-9,12-13,16-17H,6,10-11,14-15H2,1-5H3. The van der Waals surface area contributed by atoms with Crippen LogP contribution in [0.25, 0.3) is 0 Å². The molecule has 5 heteroatoms. The Hall–Kier alpha value is -2.01. The highest BCUT2D eigenvalue weighted by molar-refractivity contribution is 6.03. The quantitative estimate of drug-likeness (QED) is 0.448. The van der Waals surface area contributed by atoms with Crippen LogP contribution in [-0.2, 0) is 9.59 Å². The topological polar surface area (TPSA) is 57.7 Å². The van der Waals surface area contributed by atoms with Crippen LogP contribution in [0.2, 0.25) is 0 Å². The molecule has 26 heavy (non-hydrogen) atoms. The Kier molecular flexibility index (Phi) is 8.66. The number of nitrogens with zero attached hydrogens (tertiary/aromatic N) is 2. The first-order valence-electron chi connectivity index (χ1n) is 9.28. The largest absolute Gasteiger partial charge is 0.296 e. The number of amides is 2. The van der Waals surface area contributed by atoms with Gasteiger partial charge in [-0.25, -0.2) is 0 Å². The number of carbonyl (C=O) groups is 3. The van der Waals surface area contributed by atoms with E-state index in [0.717, 1.165) is 24.2 Å². The summed E-state index contributed by atoms with van der Waals surface area (Å²) in [6, 6.07) is 8.72. The van der Waals surface area contributed by atoms with Crippen molar-refractivity contribution in [2.24, 2.45) is 5.92 Å². The summed E-state index contributed by atoms with van der Waals surface area (Å²) in [6.07, 6.45) is 4.16. The molecule has 2 amide bonds. The zero-order valence-corrected chi connectivity index (χ0v) is 16.7. The molecule has 0 spiro atoms. The van der Waals surface area contributed by atoms with Gasteiger partial charge in [0.1, 0.15) is 0 Å². The number of hydrogen-bond donors (Lipinski definition) is 0. The van der Waals surface area contributed by atoms with Gasteiger partial charge in [-0.3, -0.25) is 24.2 Å². The van der Waals surface area contributed by atoms with Crippen LogP contribution in [0.5, 0.6) is 0 Å². The molecule has 0 aliphatic carbocycles. The third-order valence-electron chi connectivity index (χ3n) is 5.30. The average molecular weight is 360 g/mol. The second-order valence-corrected chi connectivity index (χ2v) is 7.40. The lowest BCUT2D eigenvalue weighted by Crippen LogP contribution is -2.56. The van der Waals surface area contributed by atoms with E-state index < -0.39 is 5.54 Å². The van der Waals surface area contributed by atoms with Crippen molar-refractivity contribution in [1.29, 1.82) is 0 Å². The van der Waals surface area contributed by atoms with Gasteiger partial charge in [-0.2, -0.15) is 0 Å². The lowest BCUT2D eigenvalue weighted by atomic mass is 9.89. The number of Topliss-reactive ketones (excluding diaryl/α,β-unsaturated/α-hetero) is 1. The first-order chi connectivity index (χ1) is 12.3. The molecule has 0 aliphatic heterocycles. The van der Waals surface area contributed by atoms with Crippen molar-refractivity contribution in [2.75, 3.05) is 20.6 Å². The van der Waals surface area contributed by atoms with Gasteiger partial charge in [0.05, 0.1) is 12.1 Å². The van der Waals surface area contributed by atoms with E-state index in [-0.39, 0.29) is 18.2 Å². The second-order valence-electron chi connectivity index (χ2n) is 7.40. The highest BCUT2D eigenvalue weighted by Crippen LogP contribution is 2.24. The fourth-order valence-electron chi connectivity index (χ4n) is 2.86. The van der Waals surface area contributed by atoms with Gasteiger partial charge in [-0.15, -0.1) is 0 Å². The van der Waals surface area contributed by atoms with Gasteiger partial charge in [0.25, 0.3) is 0 Å². The summed E-state index contributed by atoms with van der Waals surface area (Å²) in [5.41, 5.74) is -0.318. The Bertz CT molecular complexity index is 601. The summed E-state index contributed by atoms with van der Waals surface area (Å²) >= 11 is 0. The number of rotatable bonds is 11. The molecule has 0 bridgehead atoms.